The molecule has 2 rings (SSSR count). The summed E-state index contributed by atoms with van der Waals surface area (Å²) in [5, 5.41) is 12.7. The summed E-state index contributed by atoms with van der Waals surface area (Å²) in [6, 6.07) is 5.55. The van der Waals surface area contributed by atoms with Crippen molar-refractivity contribution in [1.29, 1.82) is 0 Å². The fourth-order valence-corrected chi connectivity index (χ4v) is 2.28. The van der Waals surface area contributed by atoms with E-state index in [0.29, 0.717) is 0 Å². The SMILES string of the molecule is O=C(O)CC1NCCc2c(Cl)cccc21. The minimum atomic E-state index is -0.791. The van der Waals surface area contributed by atoms with Crippen LogP contribution in [0.25, 0.3) is 0 Å². The standard InChI is InChI=1S/C11H12ClNO2/c12-9-3-1-2-8-7(9)4-5-13-10(8)6-11(14)15/h1-3,10,13H,4-6H2,(H,14,15). The first-order chi connectivity index (χ1) is 7.18. The summed E-state index contributed by atoms with van der Waals surface area (Å²) in [4.78, 5) is 10.7. The van der Waals surface area contributed by atoms with E-state index < -0.39 is 5.97 Å². The van der Waals surface area contributed by atoms with Gasteiger partial charge in [-0.2, -0.15) is 0 Å². The fraction of sp³-hybridized carbons (Fsp3) is 0.364. The predicted octanol–water partition coefficient (Wildman–Crippen LogP) is 2.00. The van der Waals surface area contributed by atoms with E-state index in [9.17, 15) is 4.79 Å². The first-order valence-corrected chi connectivity index (χ1v) is 5.28. The molecule has 2 N–H and O–H groups in total. The van der Waals surface area contributed by atoms with Gasteiger partial charge in [0.1, 0.15) is 0 Å². The summed E-state index contributed by atoms with van der Waals surface area (Å²) >= 11 is 6.07. The number of benzene rings is 1. The highest BCUT2D eigenvalue weighted by molar-refractivity contribution is 6.31. The molecule has 1 aliphatic heterocycles. The van der Waals surface area contributed by atoms with Gasteiger partial charge in [-0.3, -0.25) is 4.79 Å². The zero-order chi connectivity index (χ0) is 10.8. The Morgan fingerprint density at radius 2 is 2.40 bits per heavy atom. The van der Waals surface area contributed by atoms with Crippen molar-refractivity contribution in [3.8, 4) is 0 Å². The van der Waals surface area contributed by atoms with Gasteiger partial charge < -0.3 is 10.4 Å². The zero-order valence-corrected chi connectivity index (χ0v) is 8.92. The number of nitrogens with one attached hydrogen (secondary N) is 1. The molecule has 80 valence electrons. The molecule has 0 amide bonds. The number of hydrogen-bond donors (Lipinski definition) is 2. The Morgan fingerprint density at radius 3 is 3.13 bits per heavy atom. The number of hydrogen-bond acceptors (Lipinski definition) is 2. The predicted molar refractivity (Wildman–Crippen MR) is 58.2 cm³/mol. The van der Waals surface area contributed by atoms with Crippen LogP contribution in [0.4, 0.5) is 0 Å². The largest absolute Gasteiger partial charge is 0.481 e. The van der Waals surface area contributed by atoms with Gasteiger partial charge in [0.05, 0.1) is 6.42 Å². The topological polar surface area (TPSA) is 49.3 Å². The van der Waals surface area contributed by atoms with Gasteiger partial charge in [-0.15, -0.1) is 0 Å². The Kier molecular flexibility index (Phi) is 2.93. The molecule has 1 heterocycles. The number of carboxylic acids is 1. The second-order valence-corrected chi connectivity index (χ2v) is 4.07. The van der Waals surface area contributed by atoms with E-state index in [1.165, 1.54) is 0 Å². The third-order valence-electron chi connectivity index (χ3n) is 2.67. The van der Waals surface area contributed by atoms with Crippen LogP contribution in [-0.2, 0) is 11.2 Å². The number of carbonyl (C=O) groups is 1. The Balaban J connectivity index is 2.34. The first-order valence-electron chi connectivity index (χ1n) is 4.91. The lowest BCUT2D eigenvalue weighted by atomic mass is 9.92. The van der Waals surface area contributed by atoms with Gasteiger partial charge in [-0.1, -0.05) is 23.7 Å². The Bertz CT molecular complexity index is 392. The maximum absolute atomic E-state index is 10.7. The molecule has 1 aromatic rings. The highest BCUT2D eigenvalue weighted by Crippen LogP contribution is 2.30. The van der Waals surface area contributed by atoms with Gasteiger partial charge in [0.15, 0.2) is 0 Å². The van der Waals surface area contributed by atoms with Crippen molar-refractivity contribution in [2.24, 2.45) is 0 Å². The van der Waals surface area contributed by atoms with Crippen LogP contribution < -0.4 is 5.32 Å². The molecule has 0 saturated carbocycles. The Morgan fingerprint density at radius 1 is 1.60 bits per heavy atom. The number of carboxylic acid groups (broad SMARTS) is 1. The van der Waals surface area contributed by atoms with Gasteiger partial charge in [0.25, 0.3) is 0 Å². The van der Waals surface area contributed by atoms with Crippen LogP contribution in [-0.4, -0.2) is 17.6 Å². The van der Waals surface area contributed by atoms with Gasteiger partial charge in [-0.05, 0) is 30.2 Å². The van der Waals surface area contributed by atoms with Crippen LogP contribution in [0, 0.1) is 0 Å². The fourth-order valence-electron chi connectivity index (χ4n) is 2.00. The smallest absolute Gasteiger partial charge is 0.305 e. The molecule has 1 atom stereocenters. The molecule has 4 heteroatoms. The van der Waals surface area contributed by atoms with Crippen LogP contribution in [0.5, 0.6) is 0 Å². The summed E-state index contributed by atoms with van der Waals surface area (Å²) in [6.45, 7) is 0.786. The molecule has 0 bridgehead atoms. The molecular formula is C11H12ClNO2. The van der Waals surface area contributed by atoms with E-state index in [0.717, 1.165) is 29.1 Å². The third-order valence-corrected chi connectivity index (χ3v) is 3.03. The van der Waals surface area contributed by atoms with E-state index in [1.54, 1.807) is 0 Å². The average Bonchev–Trinajstić information content (AvgIpc) is 2.19. The summed E-state index contributed by atoms with van der Waals surface area (Å²) < 4.78 is 0. The van der Waals surface area contributed by atoms with Gasteiger partial charge in [0.2, 0.25) is 0 Å². The zero-order valence-electron chi connectivity index (χ0n) is 8.16. The van der Waals surface area contributed by atoms with Crippen LogP contribution in [0.1, 0.15) is 23.6 Å². The van der Waals surface area contributed by atoms with Crippen molar-refractivity contribution in [1.82, 2.24) is 5.32 Å². The molecule has 1 aliphatic rings. The van der Waals surface area contributed by atoms with Gasteiger partial charge in [-0.25, -0.2) is 0 Å². The Hall–Kier alpha value is -1.06. The van der Waals surface area contributed by atoms with Crippen molar-refractivity contribution in [2.75, 3.05) is 6.54 Å². The number of fused-ring (bicyclic) bond motifs is 1. The van der Waals surface area contributed by atoms with E-state index >= 15 is 0 Å². The van der Waals surface area contributed by atoms with Crippen LogP contribution in [0.15, 0.2) is 18.2 Å². The van der Waals surface area contributed by atoms with Crippen molar-refractivity contribution in [3.05, 3.63) is 34.3 Å². The van der Waals surface area contributed by atoms with Crippen molar-refractivity contribution < 1.29 is 9.90 Å². The minimum absolute atomic E-state index is 0.105. The Labute approximate surface area is 93.1 Å². The maximum atomic E-state index is 10.7. The van der Waals surface area contributed by atoms with Crippen molar-refractivity contribution >= 4 is 17.6 Å². The second-order valence-electron chi connectivity index (χ2n) is 3.66. The molecule has 1 unspecified atom stereocenters. The maximum Gasteiger partial charge on any atom is 0.305 e. The first kappa shape index (κ1) is 10.5. The third kappa shape index (κ3) is 2.13. The quantitative estimate of drug-likeness (QED) is 0.810. The summed E-state index contributed by atoms with van der Waals surface area (Å²) in [5.41, 5.74) is 2.11. The van der Waals surface area contributed by atoms with Crippen molar-refractivity contribution in [2.45, 2.75) is 18.9 Å². The normalized spacial score (nSPS) is 19.7. The van der Waals surface area contributed by atoms with E-state index in [-0.39, 0.29) is 12.5 Å². The second kappa shape index (κ2) is 4.21. The lowest BCUT2D eigenvalue weighted by molar-refractivity contribution is -0.137. The monoisotopic (exact) mass is 225 g/mol. The lowest BCUT2D eigenvalue weighted by Crippen LogP contribution is -2.31. The van der Waals surface area contributed by atoms with Crippen molar-refractivity contribution in [3.63, 3.8) is 0 Å². The van der Waals surface area contributed by atoms with Gasteiger partial charge in [0, 0.05) is 11.1 Å². The number of halogens is 1. The molecule has 3 nitrogen and oxygen atoms in total. The number of aliphatic carboxylic acids is 1. The van der Waals surface area contributed by atoms with E-state index in [1.807, 2.05) is 18.2 Å². The van der Waals surface area contributed by atoms with Gasteiger partial charge >= 0.3 is 5.97 Å². The molecule has 0 saturated heterocycles. The minimum Gasteiger partial charge on any atom is -0.481 e. The molecule has 0 spiro atoms. The lowest BCUT2D eigenvalue weighted by Gasteiger charge is -2.26. The summed E-state index contributed by atoms with van der Waals surface area (Å²) in [6.07, 6.45) is 0.971. The molecular weight excluding hydrogens is 214 g/mol. The van der Waals surface area contributed by atoms with E-state index in [4.69, 9.17) is 16.7 Å². The molecule has 0 aliphatic carbocycles. The van der Waals surface area contributed by atoms with E-state index in [2.05, 4.69) is 5.32 Å². The van der Waals surface area contributed by atoms with Crippen LogP contribution in [0.3, 0.4) is 0 Å². The highest BCUT2D eigenvalue weighted by atomic mass is 35.5. The summed E-state index contributed by atoms with van der Waals surface area (Å²) in [5.74, 6) is -0.791. The molecule has 0 radical (unpaired) electrons. The molecule has 1 aromatic carbocycles. The molecule has 15 heavy (non-hydrogen) atoms. The molecule has 0 fully saturated rings. The highest BCUT2D eigenvalue weighted by Gasteiger charge is 2.22. The average molecular weight is 226 g/mol. The molecule has 0 aromatic heterocycles. The number of rotatable bonds is 2. The van der Waals surface area contributed by atoms with Crippen LogP contribution >= 0.6 is 11.6 Å². The summed E-state index contributed by atoms with van der Waals surface area (Å²) in [7, 11) is 0. The van der Waals surface area contributed by atoms with Crippen LogP contribution in [0.2, 0.25) is 5.02 Å².